The number of halogens is 2. The number of fused-ring (bicyclic) bond motifs is 1. The Morgan fingerprint density at radius 1 is 1.24 bits per heavy atom. The monoisotopic (exact) mass is 349 g/mol. The molecule has 0 spiro atoms. The van der Waals surface area contributed by atoms with E-state index in [-0.39, 0.29) is 11.2 Å². The van der Waals surface area contributed by atoms with Crippen LogP contribution in [0, 0.1) is 5.82 Å². The molecule has 1 aliphatic heterocycles. The highest BCUT2D eigenvalue weighted by Gasteiger charge is 2.37. The molecule has 0 aliphatic carbocycles. The first-order chi connectivity index (χ1) is 10.1. The summed E-state index contributed by atoms with van der Waals surface area (Å²) in [4.78, 5) is 0. The van der Waals surface area contributed by atoms with Crippen LogP contribution >= 0.6 is 15.9 Å². The van der Waals surface area contributed by atoms with Gasteiger partial charge in [-0.05, 0) is 36.6 Å². The molecule has 4 heteroatoms. The Kier molecular flexibility index (Phi) is 4.00. The average Bonchev–Trinajstić information content (AvgIpc) is 2.50. The lowest BCUT2D eigenvalue weighted by Gasteiger charge is -2.38. The van der Waals surface area contributed by atoms with E-state index in [4.69, 9.17) is 10.5 Å². The van der Waals surface area contributed by atoms with Crippen molar-refractivity contribution in [2.24, 2.45) is 5.73 Å². The average molecular weight is 350 g/mol. The highest BCUT2D eigenvalue weighted by atomic mass is 79.9. The van der Waals surface area contributed by atoms with Crippen LogP contribution in [-0.4, -0.2) is 13.2 Å². The van der Waals surface area contributed by atoms with E-state index in [9.17, 15) is 4.39 Å². The number of hydrogen-bond acceptors (Lipinski definition) is 2. The SMILES string of the molecule is NCC1(Cc2ccc(Br)cc2F)CCOc2ccccc21. The molecule has 0 fully saturated rings. The van der Waals surface area contributed by atoms with E-state index >= 15 is 0 Å². The van der Waals surface area contributed by atoms with Crippen molar-refractivity contribution in [3.63, 3.8) is 0 Å². The van der Waals surface area contributed by atoms with Crippen molar-refractivity contribution in [3.05, 3.63) is 63.9 Å². The zero-order valence-corrected chi connectivity index (χ0v) is 13.2. The third kappa shape index (κ3) is 2.70. The molecule has 1 unspecified atom stereocenters. The number of para-hydroxylation sites is 1. The van der Waals surface area contributed by atoms with Gasteiger partial charge in [0.1, 0.15) is 11.6 Å². The normalized spacial score (nSPS) is 20.7. The summed E-state index contributed by atoms with van der Waals surface area (Å²) in [7, 11) is 0. The van der Waals surface area contributed by atoms with Gasteiger partial charge in [0, 0.05) is 22.0 Å². The summed E-state index contributed by atoms with van der Waals surface area (Å²) in [6, 6.07) is 13.1. The van der Waals surface area contributed by atoms with Crippen molar-refractivity contribution < 1.29 is 9.13 Å². The van der Waals surface area contributed by atoms with Gasteiger partial charge in [0.2, 0.25) is 0 Å². The minimum Gasteiger partial charge on any atom is -0.493 e. The molecule has 0 aromatic heterocycles. The van der Waals surface area contributed by atoms with Gasteiger partial charge in [0.05, 0.1) is 6.61 Å². The van der Waals surface area contributed by atoms with Crippen LogP contribution in [0.1, 0.15) is 17.5 Å². The summed E-state index contributed by atoms with van der Waals surface area (Å²) < 4.78 is 20.6. The van der Waals surface area contributed by atoms with Gasteiger partial charge in [-0.2, -0.15) is 0 Å². The molecule has 1 aliphatic rings. The minimum absolute atomic E-state index is 0.193. The number of hydrogen-bond donors (Lipinski definition) is 1. The second-order valence-corrected chi connectivity index (χ2v) is 6.41. The first-order valence-electron chi connectivity index (χ1n) is 7.01. The largest absolute Gasteiger partial charge is 0.493 e. The molecular formula is C17H17BrFNO. The van der Waals surface area contributed by atoms with E-state index < -0.39 is 0 Å². The summed E-state index contributed by atoms with van der Waals surface area (Å²) in [5, 5.41) is 0. The molecule has 2 N–H and O–H groups in total. The van der Waals surface area contributed by atoms with Crippen LogP contribution < -0.4 is 10.5 Å². The van der Waals surface area contributed by atoms with Gasteiger partial charge in [-0.15, -0.1) is 0 Å². The molecule has 2 aromatic carbocycles. The molecule has 1 heterocycles. The molecule has 0 saturated carbocycles. The van der Waals surface area contributed by atoms with Crippen LogP contribution in [0.4, 0.5) is 4.39 Å². The van der Waals surface area contributed by atoms with E-state index in [1.807, 2.05) is 36.4 Å². The van der Waals surface area contributed by atoms with Gasteiger partial charge in [-0.25, -0.2) is 4.39 Å². The fraction of sp³-hybridized carbons (Fsp3) is 0.294. The van der Waals surface area contributed by atoms with Crippen molar-refractivity contribution >= 4 is 15.9 Å². The number of benzene rings is 2. The summed E-state index contributed by atoms with van der Waals surface area (Å²) in [5.41, 5.74) is 7.61. The number of rotatable bonds is 3. The Labute approximate surface area is 132 Å². The lowest BCUT2D eigenvalue weighted by atomic mass is 9.72. The van der Waals surface area contributed by atoms with Gasteiger partial charge in [-0.1, -0.05) is 40.2 Å². The minimum atomic E-state index is -0.260. The molecular weight excluding hydrogens is 333 g/mol. The topological polar surface area (TPSA) is 35.2 Å². The Bertz CT molecular complexity index is 661. The van der Waals surface area contributed by atoms with Crippen molar-refractivity contribution in [3.8, 4) is 5.75 Å². The zero-order valence-electron chi connectivity index (χ0n) is 11.6. The molecule has 0 saturated heterocycles. The summed E-state index contributed by atoms with van der Waals surface area (Å²) in [5.74, 6) is 0.674. The van der Waals surface area contributed by atoms with Crippen LogP contribution in [-0.2, 0) is 11.8 Å². The van der Waals surface area contributed by atoms with Crippen molar-refractivity contribution in [2.45, 2.75) is 18.3 Å². The van der Waals surface area contributed by atoms with Crippen molar-refractivity contribution in [2.75, 3.05) is 13.2 Å². The predicted molar refractivity (Wildman–Crippen MR) is 85.1 cm³/mol. The molecule has 0 radical (unpaired) electrons. The molecule has 3 rings (SSSR count). The summed E-state index contributed by atoms with van der Waals surface area (Å²) in [6.07, 6.45) is 1.39. The Morgan fingerprint density at radius 3 is 2.81 bits per heavy atom. The van der Waals surface area contributed by atoms with Crippen molar-refractivity contribution in [1.82, 2.24) is 0 Å². The van der Waals surface area contributed by atoms with Crippen LogP contribution in [0.3, 0.4) is 0 Å². The summed E-state index contributed by atoms with van der Waals surface area (Å²) in [6.45, 7) is 1.09. The second-order valence-electron chi connectivity index (χ2n) is 5.49. The van der Waals surface area contributed by atoms with Gasteiger partial charge in [0.15, 0.2) is 0 Å². The Balaban J connectivity index is 2.02. The molecule has 0 amide bonds. The smallest absolute Gasteiger partial charge is 0.127 e. The van der Waals surface area contributed by atoms with E-state index in [0.29, 0.717) is 25.1 Å². The molecule has 0 bridgehead atoms. The van der Waals surface area contributed by atoms with Crippen LogP contribution in [0.15, 0.2) is 46.9 Å². The van der Waals surface area contributed by atoms with Crippen molar-refractivity contribution in [1.29, 1.82) is 0 Å². The van der Waals surface area contributed by atoms with Crippen LogP contribution in [0.2, 0.25) is 0 Å². The summed E-state index contributed by atoms with van der Waals surface area (Å²) >= 11 is 3.29. The maximum Gasteiger partial charge on any atom is 0.127 e. The van der Waals surface area contributed by atoms with E-state index in [1.165, 1.54) is 6.07 Å². The first kappa shape index (κ1) is 14.5. The fourth-order valence-electron chi connectivity index (χ4n) is 3.02. The zero-order chi connectivity index (χ0) is 14.9. The fourth-order valence-corrected chi connectivity index (χ4v) is 3.35. The molecule has 2 aromatic rings. The maximum atomic E-state index is 14.2. The van der Waals surface area contributed by atoms with Crippen LogP contribution in [0.5, 0.6) is 5.75 Å². The number of nitrogens with two attached hydrogens (primary N) is 1. The molecule has 1 atom stereocenters. The third-order valence-corrected chi connectivity index (χ3v) is 4.72. The number of ether oxygens (including phenoxy) is 1. The quantitative estimate of drug-likeness (QED) is 0.914. The standard InChI is InChI=1S/C17H17BrFNO/c18-13-6-5-12(15(19)9-13)10-17(11-20)7-8-21-16-4-2-1-3-14(16)17/h1-6,9H,7-8,10-11,20H2. The third-order valence-electron chi connectivity index (χ3n) is 4.23. The van der Waals surface area contributed by atoms with Gasteiger partial charge in [-0.3, -0.25) is 0 Å². The predicted octanol–water partition coefficient (Wildman–Crippen LogP) is 3.81. The lowest BCUT2D eigenvalue weighted by Crippen LogP contribution is -2.42. The highest BCUT2D eigenvalue weighted by molar-refractivity contribution is 9.10. The van der Waals surface area contributed by atoms with Crippen LogP contribution in [0.25, 0.3) is 0 Å². The molecule has 2 nitrogen and oxygen atoms in total. The van der Waals surface area contributed by atoms with E-state index in [2.05, 4.69) is 15.9 Å². The molecule has 110 valence electrons. The lowest BCUT2D eigenvalue weighted by molar-refractivity contribution is 0.214. The highest BCUT2D eigenvalue weighted by Crippen LogP contribution is 2.40. The van der Waals surface area contributed by atoms with Gasteiger partial charge < -0.3 is 10.5 Å². The second kappa shape index (κ2) is 5.78. The van der Waals surface area contributed by atoms with E-state index in [0.717, 1.165) is 22.2 Å². The molecule has 21 heavy (non-hydrogen) atoms. The Morgan fingerprint density at radius 2 is 2.05 bits per heavy atom. The van der Waals surface area contributed by atoms with Gasteiger partial charge >= 0.3 is 0 Å². The maximum absolute atomic E-state index is 14.2. The van der Waals surface area contributed by atoms with E-state index in [1.54, 1.807) is 0 Å². The van der Waals surface area contributed by atoms with Gasteiger partial charge in [0.25, 0.3) is 0 Å². The first-order valence-corrected chi connectivity index (χ1v) is 7.80. The Hall–Kier alpha value is -1.39.